The first-order chi connectivity index (χ1) is 4.02. The first-order valence-electron chi connectivity index (χ1n) is 3.82. The van der Waals surface area contributed by atoms with E-state index in [1.54, 1.807) is 0 Å². The van der Waals surface area contributed by atoms with Crippen LogP contribution in [0.5, 0.6) is 0 Å². The number of rotatable bonds is 0. The molecule has 1 N–H and O–H groups in total. The zero-order valence-electron chi connectivity index (χ0n) is 6.65. The van der Waals surface area contributed by atoms with Crippen LogP contribution in [0.2, 0.25) is 0 Å². The molecule has 1 saturated carbocycles. The summed E-state index contributed by atoms with van der Waals surface area (Å²) in [5, 5.41) is 3.56. The maximum atomic E-state index is 3.56. The van der Waals surface area contributed by atoms with E-state index in [9.17, 15) is 0 Å². The zero-order valence-corrected chi connectivity index (χ0v) is 6.65. The van der Waals surface area contributed by atoms with Crippen molar-refractivity contribution in [2.45, 2.75) is 38.8 Å². The smallest absolute Gasteiger partial charge is 0.0370 e. The van der Waals surface area contributed by atoms with Gasteiger partial charge < -0.3 is 5.32 Å². The molecule has 0 amide bonds. The molecule has 4 unspecified atom stereocenters. The highest BCUT2D eigenvalue weighted by molar-refractivity contribution is 5.35. The lowest BCUT2D eigenvalue weighted by Gasteiger charge is -2.41. The molecule has 1 saturated heterocycles. The zero-order chi connectivity index (χ0) is 6.86. The lowest BCUT2D eigenvalue weighted by Crippen LogP contribution is -2.49. The van der Waals surface area contributed by atoms with E-state index in [0.29, 0.717) is 11.1 Å². The van der Waals surface area contributed by atoms with Crippen molar-refractivity contribution in [3.05, 3.63) is 0 Å². The first kappa shape index (κ1) is 5.72. The fraction of sp³-hybridized carbons (Fsp3) is 1.00. The molecular weight excluding hydrogens is 110 g/mol. The Kier molecular flexibility index (Phi) is 0.682. The fourth-order valence-corrected chi connectivity index (χ4v) is 2.59. The van der Waals surface area contributed by atoms with E-state index >= 15 is 0 Å². The molecule has 0 radical (unpaired) electrons. The Morgan fingerprint density at radius 2 is 1.33 bits per heavy atom. The third-order valence-electron chi connectivity index (χ3n) is 4.11. The van der Waals surface area contributed by atoms with Gasteiger partial charge in [-0.25, -0.2) is 0 Å². The standard InChI is InChI=1S/C8H15N/c1-5-6(2)8(4)7(5,3)9-8/h5-6,9H,1-4H3. The Balaban J connectivity index is 2.25. The van der Waals surface area contributed by atoms with Gasteiger partial charge in [0.05, 0.1) is 0 Å². The molecule has 1 aliphatic carbocycles. The van der Waals surface area contributed by atoms with Crippen molar-refractivity contribution in [2.24, 2.45) is 11.8 Å². The topological polar surface area (TPSA) is 21.9 Å². The lowest BCUT2D eigenvalue weighted by atomic mass is 9.60. The normalized spacial score (nSPS) is 70.7. The highest BCUT2D eigenvalue weighted by atomic mass is 15.3. The van der Waals surface area contributed by atoms with Crippen LogP contribution < -0.4 is 5.32 Å². The molecule has 9 heavy (non-hydrogen) atoms. The predicted octanol–water partition coefficient (Wildman–Crippen LogP) is 1.39. The summed E-state index contributed by atoms with van der Waals surface area (Å²) in [6.07, 6.45) is 0. The average molecular weight is 125 g/mol. The van der Waals surface area contributed by atoms with Crippen LogP contribution in [0.3, 0.4) is 0 Å². The molecule has 52 valence electrons. The SMILES string of the molecule is CC1C(C)C2(C)NC12C. The van der Waals surface area contributed by atoms with Crippen molar-refractivity contribution < 1.29 is 0 Å². The lowest BCUT2D eigenvalue weighted by molar-refractivity contribution is 0.148. The molecule has 0 aromatic heterocycles. The molecule has 0 aromatic rings. The fourth-order valence-electron chi connectivity index (χ4n) is 2.59. The van der Waals surface area contributed by atoms with Crippen LogP contribution in [-0.2, 0) is 0 Å². The molecule has 2 fully saturated rings. The van der Waals surface area contributed by atoms with Crippen LogP contribution >= 0.6 is 0 Å². The van der Waals surface area contributed by atoms with E-state index in [1.165, 1.54) is 0 Å². The minimum atomic E-state index is 0.506. The summed E-state index contributed by atoms with van der Waals surface area (Å²) >= 11 is 0. The van der Waals surface area contributed by atoms with Crippen molar-refractivity contribution in [1.82, 2.24) is 5.32 Å². The van der Waals surface area contributed by atoms with E-state index in [0.717, 1.165) is 11.8 Å². The Morgan fingerprint density at radius 1 is 1.00 bits per heavy atom. The number of hydrogen-bond acceptors (Lipinski definition) is 1. The van der Waals surface area contributed by atoms with Gasteiger partial charge in [0.2, 0.25) is 0 Å². The van der Waals surface area contributed by atoms with Crippen LogP contribution in [0, 0.1) is 11.8 Å². The van der Waals surface area contributed by atoms with Crippen LogP contribution in [0.4, 0.5) is 0 Å². The summed E-state index contributed by atoms with van der Waals surface area (Å²) in [4.78, 5) is 0. The summed E-state index contributed by atoms with van der Waals surface area (Å²) < 4.78 is 0. The van der Waals surface area contributed by atoms with E-state index < -0.39 is 0 Å². The third-order valence-corrected chi connectivity index (χ3v) is 4.11. The number of fused-ring (bicyclic) bond motifs is 1. The summed E-state index contributed by atoms with van der Waals surface area (Å²) in [6.45, 7) is 9.34. The molecule has 2 rings (SSSR count). The van der Waals surface area contributed by atoms with Crippen molar-refractivity contribution in [3.63, 3.8) is 0 Å². The quantitative estimate of drug-likeness (QED) is 0.485. The maximum absolute atomic E-state index is 3.56. The third kappa shape index (κ3) is 0.337. The molecule has 0 aromatic carbocycles. The summed E-state index contributed by atoms with van der Waals surface area (Å²) in [5.41, 5.74) is 1.01. The summed E-state index contributed by atoms with van der Waals surface area (Å²) in [6, 6.07) is 0. The second-order valence-electron chi connectivity index (χ2n) is 4.11. The van der Waals surface area contributed by atoms with E-state index in [4.69, 9.17) is 0 Å². The molecule has 1 nitrogen and oxygen atoms in total. The van der Waals surface area contributed by atoms with Gasteiger partial charge in [-0.3, -0.25) is 0 Å². The molecule has 0 bridgehead atoms. The predicted molar refractivity (Wildman–Crippen MR) is 38.3 cm³/mol. The molecular formula is C8H15N. The van der Waals surface area contributed by atoms with Gasteiger partial charge in [0.25, 0.3) is 0 Å². The molecule has 1 heteroatoms. The number of hydrogen-bond donors (Lipinski definition) is 1. The highest BCUT2D eigenvalue weighted by Gasteiger charge is 2.76. The van der Waals surface area contributed by atoms with Crippen molar-refractivity contribution in [2.75, 3.05) is 0 Å². The Hall–Kier alpha value is -0.0400. The maximum Gasteiger partial charge on any atom is 0.0370 e. The van der Waals surface area contributed by atoms with Gasteiger partial charge in [-0.2, -0.15) is 0 Å². The Labute approximate surface area is 56.8 Å². The Bertz CT molecular complexity index is 148. The van der Waals surface area contributed by atoms with Crippen LogP contribution in [-0.4, -0.2) is 11.1 Å². The van der Waals surface area contributed by atoms with Gasteiger partial charge in [-0.1, -0.05) is 13.8 Å². The second-order valence-corrected chi connectivity index (χ2v) is 4.11. The molecule has 1 heterocycles. The minimum Gasteiger partial charge on any atom is -0.302 e. The van der Waals surface area contributed by atoms with Crippen molar-refractivity contribution in [1.29, 1.82) is 0 Å². The van der Waals surface area contributed by atoms with Gasteiger partial charge in [-0.15, -0.1) is 0 Å². The van der Waals surface area contributed by atoms with Gasteiger partial charge in [0.1, 0.15) is 0 Å². The van der Waals surface area contributed by atoms with E-state index in [1.807, 2.05) is 0 Å². The number of nitrogens with one attached hydrogen (secondary N) is 1. The van der Waals surface area contributed by atoms with Crippen LogP contribution in [0.25, 0.3) is 0 Å². The Morgan fingerprint density at radius 3 is 1.44 bits per heavy atom. The summed E-state index contributed by atoms with van der Waals surface area (Å²) in [5.74, 6) is 1.75. The second kappa shape index (κ2) is 1.07. The molecule has 0 spiro atoms. The molecule has 1 aliphatic heterocycles. The monoisotopic (exact) mass is 125 g/mol. The van der Waals surface area contributed by atoms with Crippen LogP contribution in [0.1, 0.15) is 27.7 Å². The first-order valence-corrected chi connectivity index (χ1v) is 3.82. The van der Waals surface area contributed by atoms with Gasteiger partial charge >= 0.3 is 0 Å². The van der Waals surface area contributed by atoms with Gasteiger partial charge in [0.15, 0.2) is 0 Å². The van der Waals surface area contributed by atoms with Gasteiger partial charge in [0, 0.05) is 11.1 Å². The van der Waals surface area contributed by atoms with E-state index in [-0.39, 0.29) is 0 Å². The summed E-state index contributed by atoms with van der Waals surface area (Å²) in [7, 11) is 0. The largest absolute Gasteiger partial charge is 0.302 e. The van der Waals surface area contributed by atoms with Crippen molar-refractivity contribution >= 4 is 0 Å². The van der Waals surface area contributed by atoms with Crippen LogP contribution in [0.15, 0.2) is 0 Å². The average Bonchev–Trinajstić information content (AvgIpc) is 2.33. The van der Waals surface area contributed by atoms with Gasteiger partial charge in [-0.05, 0) is 25.7 Å². The molecule has 4 atom stereocenters. The molecule has 2 aliphatic rings. The highest BCUT2D eigenvalue weighted by Crippen LogP contribution is 2.62. The van der Waals surface area contributed by atoms with E-state index in [2.05, 4.69) is 33.0 Å². The minimum absolute atomic E-state index is 0.506. The van der Waals surface area contributed by atoms with Crippen molar-refractivity contribution in [3.8, 4) is 0 Å².